The zero-order valence-electron chi connectivity index (χ0n) is 20.4. The van der Waals surface area contributed by atoms with E-state index in [4.69, 9.17) is 0 Å². The fourth-order valence-corrected chi connectivity index (χ4v) is 4.26. The van der Waals surface area contributed by atoms with Crippen LogP contribution >= 0.6 is 0 Å². The number of benzene rings is 2. The van der Waals surface area contributed by atoms with Gasteiger partial charge in [0.2, 0.25) is 5.91 Å². The molecule has 1 saturated heterocycles. The second-order valence-electron chi connectivity index (χ2n) is 9.21. The molecule has 178 valence electrons. The van der Waals surface area contributed by atoms with Gasteiger partial charge in [-0.3, -0.25) is 14.5 Å². The number of carbonyl (C=O) groups excluding carboxylic acids is 2. The minimum atomic E-state index is -0.591. The van der Waals surface area contributed by atoms with E-state index >= 15 is 0 Å². The Hall–Kier alpha value is -2.70. The van der Waals surface area contributed by atoms with Crippen LogP contribution in [-0.4, -0.2) is 60.4 Å². The largest absolute Gasteiger partial charge is 0.350 e. The van der Waals surface area contributed by atoms with E-state index in [1.807, 2.05) is 45.0 Å². The van der Waals surface area contributed by atoms with Crippen LogP contribution in [0.15, 0.2) is 48.5 Å². The van der Waals surface area contributed by atoms with Crippen LogP contribution in [0, 0.1) is 12.8 Å². The van der Waals surface area contributed by atoms with E-state index in [1.54, 1.807) is 6.07 Å². The molecule has 1 aliphatic rings. The third-order valence-electron chi connectivity index (χ3n) is 6.50. The molecule has 6 nitrogen and oxygen atoms in total. The smallest absolute Gasteiger partial charge is 0.252 e. The van der Waals surface area contributed by atoms with Crippen LogP contribution in [-0.2, 0) is 17.9 Å². The van der Waals surface area contributed by atoms with Crippen LogP contribution in [0.5, 0.6) is 0 Å². The van der Waals surface area contributed by atoms with Gasteiger partial charge in [0, 0.05) is 44.8 Å². The van der Waals surface area contributed by atoms with Crippen LogP contribution in [0.2, 0.25) is 0 Å². The Morgan fingerprint density at radius 3 is 2.15 bits per heavy atom. The fourth-order valence-electron chi connectivity index (χ4n) is 4.26. The number of rotatable bonds is 9. The van der Waals surface area contributed by atoms with Crippen molar-refractivity contribution in [3.8, 4) is 0 Å². The zero-order valence-corrected chi connectivity index (χ0v) is 20.4. The van der Waals surface area contributed by atoms with Crippen LogP contribution < -0.4 is 10.6 Å². The Morgan fingerprint density at radius 1 is 0.909 bits per heavy atom. The summed E-state index contributed by atoms with van der Waals surface area (Å²) < 4.78 is 0. The molecule has 0 radical (unpaired) electrons. The SMILES string of the molecule is CCN1CCN(Cc2ccccc2CNC(=O)C(NC(=O)c2ccccc2C)C(C)C)CC1. The van der Waals surface area contributed by atoms with Crippen molar-refractivity contribution in [3.05, 3.63) is 70.8 Å². The van der Waals surface area contributed by atoms with E-state index in [1.165, 1.54) is 5.56 Å². The topological polar surface area (TPSA) is 64.7 Å². The number of hydrogen-bond donors (Lipinski definition) is 2. The second-order valence-corrected chi connectivity index (χ2v) is 9.21. The van der Waals surface area contributed by atoms with Gasteiger partial charge in [0.25, 0.3) is 5.91 Å². The number of amides is 2. The molecule has 33 heavy (non-hydrogen) atoms. The van der Waals surface area contributed by atoms with Gasteiger partial charge in [-0.1, -0.05) is 63.2 Å². The van der Waals surface area contributed by atoms with Gasteiger partial charge in [-0.25, -0.2) is 0 Å². The molecule has 0 bridgehead atoms. The average molecular weight is 451 g/mol. The maximum Gasteiger partial charge on any atom is 0.252 e. The molecule has 1 heterocycles. The van der Waals surface area contributed by atoms with Gasteiger partial charge in [-0.2, -0.15) is 0 Å². The first kappa shape index (κ1) is 24.9. The first-order valence-electron chi connectivity index (χ1n) is 12.0. The molecule has 1 unspecified atom stereocenters. The summed E-state index contributed by atoms with van der Waals surface area (Å²) in [6.45, 7) is 14.8. The highest BCUT2D eigenvalue weighted by molar-refractivity contribution is 5.98. The molecule has 0 aromatic heterocycles. The van der Waals surface area contributed by atoms with Crippen molar-refractivity contribution in [2.75, 3.05) is 32.7 Å². The molecule has 1 aliphatic heterocycles. The second kappa shape index (κ2) is 12.0. The van der Waals surface area contributed by atoms with Crippen molar-refractivity contribution < 1.29 is 9.59 Å². The Morgan fingerprint density at radius 2 is 1.52 bits per heavy atom. The van der Waals surface area contributed by atoms with E-state index < -0.39 is 6.04 Å². The summed E-state index contributed by atoms with van der Waals surface area (Å²) in [4.78, 5) is 30.8. The zero-order chi connectivity index (χ0) is 23.8. The summed E-state index contributed by atoms with van der Waals surface area (Å²) in [5.74, 6) is -0.394. The van der Waals surface area contributed by atoms with Gasteiger partial charge >= 0.3 is 0 Å². The van der Waals surface area contributed by atoms with Crippen molar-refractivity contribution >= 4 is 11.8 Å². The van der Waals surface area contributed by atoms with E-state index in [-0.39, 0.29) is 17.7 Å². The lowest BCUT2D eigenvalue weighted by atomic mass is 10.0. The lowest BCUT2D eigenvalue weighted by Crippen LogP contribution is -2.49. The molecular weight excluding hydrogens is 412 g/mol. The number of likely N-dealkylation sites (N-methyl/N-ethyl adjacent to an activating group) is 1. The number of nitrogens with one attached hydrogen (secondary N) is 2. The lowest BCUT2D eigenvalue weighted by molar-refractivity contribution is -0.124. The molecule has 2 aromatic carbocycles. The third kappa shape index (κ3) is 6.89. The maximum atomic E-state index is 13.0. The molecule has 0 spiro atoms. The molecule has 1 atom stereocenters. The van der Waals surface area contributed by atoms with Gasteiger partial charge in [-0.15, -0.1) is 0 Å². The van der Waals surface area contributed by atoms with Crippen molar-refractivity contribution in [1.29, 1.82) is 0 Å². The Labute approximate surface area is 198 Å². The summed E-state index contributed by atoms with van der Waals surface area (Å²) >= 11 is 0. The Bertz CT molecular complexity index is 935. The van der Waals surface area contributed by atoms with Gasteiger partial charge in [0.15, 0.2) is 0 Å². The highest BCUT2D eigenvalue weighted by atomic mass is 16.2. The average Bonchev–Trinajstić information content (AvgIpc) is 2.82. The number of carbonyl (C=O) groups is 2. The summed E-state index contributed by atoms with van der Waals surface area (Å²) in [6.07, 6.45) is 0. The van der Waals surface area contributed by atoms with Crippen molar-refractivity contribution in [2.45, 2.75) is 46.8 Å². The van der Waals surface area contributed by atoms with Crippen molar-refractivity contribution in [1.82, 2.24) is 20.4 Å². The molecule has 2 N–H and O–H groups in total. The van der Waals surface area contributed by atoms with Crippen LogP contribution in [0.25, 0.3) is 0 Å². The molecule has 2 amide bonds. The summed E-state index contributed by atoms with van der Waals surface area (Å²) in [7, 11) is 0. The summed E-state index contributed by atoms with van der Waals surface area (Å²) in [6, 6.07) is 15.1. The summed E-state index contributed by atoms with van der Waals surface area (Å²) in [5.41, 5.74) is 3.86. The molecular formula is C27H38N4O2. The first-order valence-corrected chi connectivity index (χ1v) is 12.0. The van der Waals surface area contributed by atoms with Crippen LogP contribution in [0.4, 0.5) is 0 Å². The molecule has 6 heteroatoms. The molecule has 2 aromatic rings. The van der Waals surface area contributed by atoms with Crippen LogP contribution in [0.1, 0.15) is 47.8 Å². The van der Waals surface area contributed by atoms with E-state index in [0.29, 0.717) is 12.1 Å². The Kier molecular flexibility index (Phi) is 9.03. The molecule has 0 aliphatic carbocycles. The molecule has 3 rings (SSSR count). The van der Waals surface area contributed by atoms with Gasteiger partial charge < -0.3 is 15.5 Å². The standard InChI is InChI=1S/C27H38N4O2/c1-5-30-14-16-31(17-15-30)19-23-12-8-7-11-22(23)18-28-27(33)25(20(2)3)29-26(32)24-13-9-6-10-21(24)4/h6-13,20,25H,5,14-19H2,1-4H3,(H,28,33)(H,29,32). The molecule has 0 saturated carbocycles. The van der Waals surface area contributed by atoms with E-state index in [9.17, 15) is 9.59 Å². The number of nitrogens with zero attached hydrogens (tertiary/aromatic N) is 2. The fraction of sp³-hybridized carbons (Fsp3) is 0.481. The third-order valence-corrected chi connectivity index (χ3v) is 6.50. The van der Waals surface area contributed by atoms with Gasteiger partial charge in [0.05, 0.1) is 0 Å². The van der Waals surface area contributed by atoms with Crippen molar-refractivity contribution in [2.24, 2.45) is 5.92 Å². The highest BCUT2D eigenvalue weighted by Crippen LogP contribution is 2.14. The number of aryl methyl sites for hydroxylation is 1. The Balaban J connectivity index is 1.60. The van der Waals surface area contributed by atoms with Crippen LogP contribution in [0.3, 0.4) is 0 Å². The minimum absolute atomic E-state index is 0.0249. The van der Waals surface area contributed by atoms with E-state index in [0.717, 1.165) is 50.4 Å². The monoisotopic (exact) mass is 450 g/mol. The van der Waals surface area contributed by atoms with E-state index in [2.05, 4.69) is 45.6 Å². The van der Waals surface area contributed by atoms with Gasteiger partial charge in [0.1, 0.15) is 6.04 Å². The van der Waals surface area contributed by atoms with Crippen molar-refractivity contribution in [3.63, 3.8) is 0 Å². The first-order chi connectivity index (χ1) is 15.9. The summed E-state index contributed by atoms with van der Waals surface area (Å²) in [5, 5.41) is 6.00. The molecule has 1 fully saturated rings. The minimum Gasteiger partial charge on any atom is -0.350 e. The lowest BCUT2D eigenvalue weighted by Gasteiger charge is -2.34. The van der Waals surface area contributed by atoms with Gasteiger partial charge in [-0.05, 0) is 42.1 Å². The normalized spacial score (nSPS) is 15.9. The quantitative estimate of drug-likeness (QED) is 0.616. The number of piperazine rings is 1. The number of hydrogen-bond acceptors (Lipinski definition) is 4. The highest BCUT2D eigenvalue weighted by Gasteiger charge is 2.25. The predicted octanol–water partition coefficient (Wildman–Crippen LogP) is 3.20. The predicted molar refractivity (Wildman–Crippen MR) is 133 cm³/mol. The maximum absolute atomic E-state index is 13.0.